The van der Waals surface area contributed by atoms with Gasteiger partial charge in [0, 0.05) is 13.1 Å². The van der Waals surface area contributed by atoms with Crippen LogP contribution in [0.4, 0.5) is 0 Å². The molecule has 1 atom stereocenters. The lowest BCUT2D eigenvalue weighted by atomic mass is 10.3. The quantitative estimate of drug-likeness (QED) is 0.555. The number of rotatable bonds is 6. The molecule has 0 aliphatic heterocycles. The molecular weight excluding hydrogens is 172 g/mol. The van der Waals surface area contributed by atoms with Crippen LogP contribution in [0.1, 0.15) is 13.3 Å². The van der Waals surface area contributed by atoms with Crippen LogP contribution in [0.3, 0.4) is 0 Å². The molecule has 2 N–H and O–H groups in total. The molecule has 13 heavy (non-hydrogen) atoms. The number of carbonyl (C=O) groups is 1. The Morgan fingerprint density at radius 2 is 2.31 bits per heavy atom. The Labute approximate surface area is 77.2 Å². The highest BCUT2D eigenvalue weighted by Crippen LogP contribution is 1.94. The minimum absolute atomic E-state index is 0.00556. The Morgan fingerprint density at radius 1 is 1.69 bits per heavy atom. The average Bonchev–Trinajstić information content (AvgIpc) is 1.99. The van der Waals surface area contributed by atoms with Crippen molar-refractivity contribution < 1.29 is 15.0 Å². The normalized spacial score (nSPS) is 12.5. The number of nitrogens with zero attached hydrogens (tertiary/aromatic N) is 2. The Morgan fingerprint density at radius 3 is 2.69 bits per heavy atom. The number of carboxylic acid groups (broad SMARTS) is 1. The predicted octanol–water partition coefficient (Wildman–Crippen LogP) is -0.333. The first-order valence-corrected chi connectivity index (χ1v) is 4.05. The van der Waals surface area contributed by atoms with Crippen LogP contribution in [-0.2, 0) is 4.79 Å². The third-order valence-corrected chi connectivity index (χ3v) is 1.46. The Hall–Kier alpha value is -1.12. The van der Waals surface area contributed by atoms with Crippen LogP contribution in [0.2, 0.25) is 0 Å². The SMILES string of the molecule is CC(O)CN(CC#N)CCC(=O)O. The molecular formula is C8H14N2O3. The number of aliphatic carboxylic acids is 1. The molecule has 5 heteroatoms. The fraction of sp³-hybridized carbons (Fsp3) is 0.750. The van der Waals surface area contributed by atoms with Gasteiger partial charge >= 0.3 is 5.97 Å². The fourth-order valence-corrected chi connectivity index (χ4v) is 0.962. The van der Waals surface area contributed by atoms with Crippen LogP contribution in [-0.4, -0.2) is 46.8 Å². The van der Waals surface area contributed by atoms with Gasteiger partial charge in [0.1, 0.15) is 0 Å². The van der Waals surface area contributed by atoms with Gasteiger partial charge in [0.25, 0.3) is 0 Å². The van der Waals surface area contributed by atoms with E-state index in [0.29, 0.717) is 13.1 Å². The maximum Gasteiger partial charge on any atom is 0.304 e. The molecule has 0 aromatic heterocycles. The fourth-order valence-electron chi connectivity index (χ4n) is 0.962. The number of hydrogen-bond donors (Lipinski definition) is 2. The van der Waals surface area contributed by atoms with Crippen LogP contribution < -0.4 is 0 Å². The molecule has 0 saturated heterocycles. The second-order valence-electron chi connectivity index (χ2n) is 2.89. The van der Waals surface area contributed by atoms with E-state index in [1.54, 1.807) is 11.8 Å². The van der Waals surface area contributed by atoms with Crippen molar-refractivity contribution in [1.82, 2.24) is 4.90 Å². The molecule has 0 bridgehead atoms. The van der Waals surface area contributed by atoms with E-state index >= 15 is 0 Å². The number of hydrogen-bond acceptors (Lipinski definition) is 4. The Balaban J connectivity index is 3.81. The van der Waals surface area contributed by atoms with E-state index in [0.717, 1.165) is 0 Å². The number of aliphatic hydroxyl groups is 1. The van der Waals surface area contributed by atoms with Crippen molar-refractivity contribution in [2.45, 2.75) is 19.4 Å². The van der Waals surface area contributed by atoms with Crippen LogP contribution >= 0.6 is 0 Å². The second kappa shape index (κ2) is 6.40. The van der Waals surface area contributed by atoms with Crippen molar-refractivity contribution in [2.75, 3.05) is 19.6 Å². The van der Waals surface area contributed by atoms with Gasteiger partial charge < -0.3 is 10.2 Å². The maximum atomic E-state index is 10.2. The molecule has 0 aliphatic carbocycles. The van der Waals surface area contributed by atoms with Gasteiger partial charge in [0.05, 0.1) is 25.1 Å². The van der Waals surface area contributed by atoms with Crippen molar-refractivity contribution in [1.29, 1.82) is 5.26 Å². The van der Waals surface area contributed by atoms with Crippen molar-refractivity contribution in [3.8, 4) is 6.07 Å². The summed E-state index contributed by atoms with van der Waals surface area (Å²) in [6.45, 7) is 2.39. The van der Waals surface area contributed by atoms with E-state index in [1.165, 1.54) is 0 Å². The third-order valence-electron chi connectivity index (χ3n) is 1.46. The van der Waals surface area contributed by atoms with Gasteiger partial charge in [-0.1, -0.05) is 0 Å². The van der Waals surface area contributed by atoms with Crippen molar-refractivity contribution in [2.24, 2.45) is 0 Å². The van der Waals surface area contributed by atoms with Gasteiger partial charge in [-0.05, 0) is 6.92 Å². The lowest BCUT2D eigenvalue weighted by Gasteiger charge is -2.19. The molecule has 0 rings (SSSR count). The third kappa shape index (κ3) is 7.25. The zero-order chi connectivity index (χ0) is 10.3. The summed E-state index contributed by atoms with van der Waals surface area (Å²) in [7, 11) is 0. The molecule has 0 fully saturated rings. The van der Waals surface area contributed by atoms with E-state index in [2.05, 4.69) is 0 Å². The molecule has 0 amide bonds. The number of carboxylic acids is 1. The molecule has 0 radical (unpaired) electrons. The maximum absolute atomic E-state index is 10.2. The molecule has 0 spiro atoms. The number of aliphatic hydroxyl groups excluding tert-OH is 1. The Kier molecular flexibility index (Phi) is 5.85. The highest BCUT2D eigenvalue weighted by molar-refractivity contribution is 5.66. The van der Waals surface area contributed by atoms with Crippen LogP contribution in [0.25, 0.3) is 0 Å². The molecule has 0 saturated carbocycles. The molecule has 1 unspecified atom stereocenters. The summed E-state index contributed by atoms with van der Waals surface area (Å²) in [5.41, 5.74) is 0. The highest BCUT2D eigenvalue weighted by atomic mass is 16.4. The van der Waals surface area contributed by atoms with Gasteiger partial charge in [-0.3, -0.25) is 9.69 Å². The smallest absolute Gasteiger partial charge is 0.304 e. The van der Waals surface area contributed by atoms with Crippen molar-refractivity contribution in [3.63, 3.8) is 0 Å². The molecule has 0 aliphatic rings. The summed E-state index contributed by atoms with van der Waals surface area (Å²) in [4.78, 5) is 11.8. The van der Waals surface area contributed by atoms with E-state index < -0.39 is 12.1 Å². The first-order chi connectivity index (χ1) is 6.06. The summed E-state index contributed by atoms with van der Waals surface area (Å²) in [5, 5.41) is 25.8. The Bertz CT molecular complexity index is 198. The minimum atomic E-state index is -0.895. The molecule has 5 nitrogen and oxygen atoms in total. The van der Waals surface area contributed by atoms with Gasteiger partial charge in [-0.15, -0.1) is 0 Å². The van der Waals surface area contributed by atoms with Crippen LogP contribution in [0.15, 0.2) is 0 Å². The summed E-state index contributed by atoms with van der Waals surface area (Å²) in [5.74, 6) is -0.895. The highest BCUT2D eigenvalue weighted by Gasteiger charge is 2.09. The largest absolute Gasteiger partial charge is 0.481 e. The first kappa shape index (κ1) is 11.9. The van der Waals surface area contributed by atoms with Crippen molar-refractivity contribution in [3.05, 3.63) is 0 Å². The van der Waals surface area contributed by atoms with E-state index in [1.807, 2.05) is 6.07 Å². The van der Waals surface area contributed by atoms with Crippen LogP contribution in [0.5, 0.6) is 0 Å². The van der Waals surface area contributed by atoms with Crippen LogP contribution in [0, 0.1) is 11.3 Å². The zero-order valence-electron chi connectivity index (χ0n) is 7.60. The lowest BCUT2D eigenvalue weighted by Crippen LogP contribution is -2.33. The monoisotopic (exact) mass is 186 g/mol. The summed E-state index contributed by atoms with van der Waals surface area (Å²) in [6.07, 6.45) is -0.545. The van der Waals surface area contributed by atoms with E-state index in [4.69, 9.17) is 15.5 Å². The average molecular weight is 186 g/mol. The molecule has 0 aromatic carbocycles. The predicted molar refractivity (Wildman–Crippen MR) is 46.0 cm³/mol. The lowest BCUT2D eigenvalue weighted by molar-refractivity contribution is -0.137. The van der Waals surface area contributed by atoms with E-state index in [-0.39, 0.29) is 13.0 Å². The summed E-state index contributed by atoms with van der Waals surface area (Å²) < 4.78 is 0. The van der Waals surface area contributed by atoms with Gasteiger partial charge in [0.15, 0.2) is 0 Å². The summed E-state index contributed by atoms with van der Waals surface area (Å²) in [6, 6.07) is 1.92. The number of nitriles is 1. The standard InChI is InChI=1S/C8H14N2O3/c1-7(11)6-10(5-3-9)4-2-8(12)13/h7,11H,2,4-6H2,1H3,(H,12,13). The molecule has 0 aromatic rings. The van der Waals surface area contributed by atoms with Gasteiger partial charge in [-0.2, -0.15) is 5.26 Å². The molecule has 0 heterocycles. The zero-order valence-corrected chi connectivity index (χ0v) is 7.60. The summed E-state index contributed by atoms with van der Waals surface area (Å²) >= 11 is 0. The van der Waals surface area contributed by atoms with Gasteiger partial charge in [0.2, 0.25) is 0 Å². The first-order valence-electron chi connectivity index (χ1n) is 4.05. The minimum Gasteiger partial charge on any atom is -0.481 e. The second-order valence-corrected chi connectivity index (χ2v) is 2.89. The van der Waals surface area contributed by atoms with E-state index in [9.17, 15) is 4.79 Å². The topological polar surface area (TPSA) is 84.6 Å². The molecule has 74 valence electrons. The van der Waals surface area contributed by atoms with Gasteiger partial charge in [-0.25, -0.2) is 0 Å². The van der Waals surface area contributed by atoms with Crippen molar-refractivity contribution >= 4 is 5.97 Å².